The second kappa shape index (κ2) is 11.7. The normalized spacial score (nSPS) is 14.9. The first-order valence-corrected chi connectivity index (χ1v) is 8.01. The van der Waals surface area contributed by atoms with E-state index in [9.17, 15) is 18.1 Å². The van der Waals surface area contributed by atoms with E-state index in [-0.39, 0.29) is 35.7 Å². The Morgan fingerprint density at radius 2 is 1.61 bits per heavy atom. The fourth-order valence-corrected chi connectivity index (χ4v) is 2.87. The summed E-state index contributed by atoms with van der Waals surface area (Å²) in [7, 11) is -4.13. The number of hydrogen-bond donors (Lipinski definition) is 1. The summed E-state index contributed by atoms with van der Waals surface area (Å²) in [5, 5.41) is 8.62. The van der Waals surface area contributed by atoms with Crippen LogP contribution in [-0.4, -0.2) is 29.4 Å². The maximum atomic E-state index is 10.9. The molecule has 0 aromatic rings. The molecule has 0 rings (SSSR count). The van der Waals surface area contributed by atoms with E-state index in [1.165, 1.54) is 0 Å². The van der Waals surface area contributed by atoms with Gasteiger partial charge in [0.1, 0.15) is 0 Å². The number of unbranched alkanes of at least 4 members (excludes halogenated alkanes) is 2. The third kappa shape index (κ3) is 10.8. The molecule has 0 spiro atoms. The predicted octanol–water partition coefficient (Wildman–Crippen LogP) is -0.574. The molecule has 4 nitrogen and oxygen atoms in total. The Morgan fingerprint density at radius 3 is 2.06 bits per heavy atom. The van der Waals surface area contributed by atoms with Crippen molar-refractivity contribution < 1.29 is 47.6 Å². The smallest absolute Gasteiger partial charge is 0.748 e. The summed E-state index contributed by atoms with van der Waals surface area (Å²) < 4.78 is 32.8. The van der Waals surface area contributed by atoms with E-state index in [0.29, 0.717) is 12.8 Å². The Morgan fingerprint density at radius 1 is 1.06 bits per heavy atom. The van der Waals surface area contributed by atoms with Crippen LogP contribution in [0.3, 0.4) is 0 Å². The maximum absolute atomic E-state index is 10.9. The Hall–Kier alpha value is 0.870. The predicted molar refractivity (Wildman–Crippen MR) is 67.8 cm³/mol. The molecule has 0 heterocycles. The van der Waals surface area contributed by atoms with E-state index in [1.807, 2.05) is 13.8 Å². The zero-order chi connectivity index (χ0) is 13.3. The van der Waals surface area contributed by atoms with E-state index in [0.717, 1.165) is 38.5 Å². The number of aliphatic hydroxyl groups excluding tert-OH is 1. The average molecular weight is 288 g/mol. The van der Waals surface area contributed by atoms with E-state index in [4.69, 9.17) is 0 Å². The van der Waals surface area contributed by atoms with Gasteiger partial charge in [0.2, 0.25) is 0 Å². The molecular weight excluding hydrogens is 263 g/mol. The van der Waals surface area contributed by atoms with Gasteiger partial charge in [-0.3, -0.25) is 0 Å². The van der Waals surface area contributed by atoms with Crippen molar-refractivity contribution in [2.24, 2.45) is 0 Å². The fourth-order valence-electron chi connectivity index (χ4n) is 1.89. The van der Waals surface area contributed by atoms with Crippen molar-refractivity contribution in [3.8, 4) is 0 Å². The van der Waals surface area contributed by atoms with Gasteiger partial charge >= 0.3 is 29.6 Å². The molecule has 18 heavy (non-hydrogen) atoms. The SMILES string of the molecule is CCCC(CCCCCC(O)CC)S(=O)(=O)[O-].[Na+]. The van der Waals surface area contributed by atoms with E-state index in [1.54, 1.807) is 0 Å². The quantitative estimate of drug-likeness (QED) is 0.332. The summed E-state index contributed by atoms with van der Waals surface area (Å²) in [6, 6.07) is 0. The molecular formula is C12H25NaO4S. The minimum atomic E-state index is -4.13. The average Bonchev–Trinajstić information content (AvgIpc) is 2.25. The van der Waals surface area contributed by atoms with Crippen molar-refractivity contribution in [1.29, 1.82) is 0 Å². The molecule has 0 aliphatic heterocycles. The summed E-state index contributed by atoms with van der Waals surface area (Å²) in [5.41, 5.74) is 0. The Kier molecular flexibility index (Phi) is 13.7. The fraction of sp³-hybridized carbons (Fsp3) is 1.00. The molecule has 2 atom stereocenters. The third-order valence-electron chi connectivity index (χ3n) is 3.05. The molecule has 2 unspecified atom stereocenters. The minimum absolute atomic E-state index is 0. The first-order valence-electron chi connectivity index (χ1n) is 6.54. The van der Waals surface area contributed by atoms with Gasteiger partial charge in [-0.1, -0.05) is 39.5 Å². The molecule has 104 valence electrons. The van der Waals surface area contributed by atoms with E-state index < -0.39 is 15.4 Å². The van der Waals surface area contributed by atoms with Crippen molar-refractivity contribution in [1.82, 2.24) is 0 Å². The summed E-state index contributed by atoms with van der Waals surface area (Å²) in [6.45, 7) is 3.82. The van der Waals surface area contributed by atoms with Crippen LogP contribution in [0, 0.1) is 0 Å². The zero-order valence-electron chi connectivity index (χ0n) is 11.9. The molecule has 0 saturated heterocycles. The zero-order valence-corrected chi connectivity index (χ0v) is 14.7. The topological polar surface area (TPSA) is 77.4 Å². The van der Waals surface area contributed by atoms with Gasteiger partial charge in [-0.05, 0) is 25.7 Å². The van der Waals surface area contributed by atoms with Crippen molar-refractivity contribution in [2.75, 3.05) is 0 Å². The molecule has 0 aromatic heterocycles. The number of aliphatic hydroxyl groups is 1. The van der Waals surface area contributed by atoms with Crippen LogP contribution in [0.1, 0.15) is 65.2 Å². The van der Waals surface area contributed by atoms with Crippen LogP contribution in [0.15, 0.2) is 0 Å². The van der Waals surface area contributed by atoms with Crippen LogP contribution in [0.25, 0.3) is 0 Å². The van der Waals surface area contributed by atoms with Gasteiger partial charge in [0.15, 0.2) is 0 Å². The molecule has 0 aromatic carbocycles. The summed E-state index contributed by atoms with van der Waals surface area (Å²) in [4.78, 5) is 0. The van der Waals surface area contributed by atoms with Crippen LogP contribution < -0.4 is 29.6 Å². The van der Waals surface area contributed by atoms with E-state index in [2.05, 4.69) is 0 Å². The van der Waals surface area contributed by atoms with Gasteiger partial charge in [-0.2, -0.15) is 0 Å². The number of rotatable bonds is 10. The molecule has 0 aliphatic rings. The summed E-state index contributed by atoms with van der Waals surface area (Å²) in [5.74, 6) is 0. The van der Waals surface area contributed by atoms with Crippen LogP contribution in [0.4, 0.5) is 0 Å². The summed E-state index contributed by atoms with van der Waals surface area (Å²) >= 11 is 0. The second-order valence-corrected chi connectivity index (χ2v) is 6.26. The monoisotopic (exact) mass is 288 g/mol. The van der Waals surface area contributed by atoms with Gasteiger partial charge in [-0.15, -0.1) is 0 Å². The van der Waals surface area contributed by atoms with Gasteiger partial charge in [0.25, 0.3) is 0 Å². The molecule has 0 fully saturated rings. The third-order valence-corrected chi connectivity index (χ3v) is 4.34. The molecule has 0 radical (unpaired) electrons. The first-order chi connectivity index (χ1) is 7.91. The summed E-state index contributed by atoms with van der Waals surface area (Å²) in [6.07, 6.45) is 5.45. The van der Waals surface area contributed by atoms with Crippen molar-refractivity contribution in [2.45, 2.75) is 76.6 Å². The molecule has 0 saturated carbocycles. The second-order valence-electron chi connectivity index (χ2n) is 4.60. The van der Waals surface area contributed by atoms with E-state index >= 15 is 0 Å². The molecule has 1 N–H and O–H groups in total. The number of hydrogen-bond acceptors (Lipinski definition) is 4. The Balaban J connectivity index is 0. The van der Waals surface area contributed by atoms with Crippen molar-refractivity contribution in [3.05, 3.63) is 0 Å². The van der Waals surface area contributed by atoms with Crippen LogP contribution >= 0.6 is 0 Å². The van der Waals surface area contributed by atoms with Crippen LogP contribution in [0.5, 0.6) is 0 Å². The van der Waals surface area contributed by atoms with Crippen LogP contribution in [0.2, 0.25) is 0 Å². The van der Waals surface area contributed by atoms with Crippen molar-refractivity contribution in [3.63, 3.8) is 0 Å². The van der Waals surface area contributed by atoms with Gasteiger partial charge in [0.05, 0.1) is 16.2 Å². The van der Waals surface area contributed by atoms with Crippen molar-refractivity contribution >= 4 is 10.1 Å². The standard InChI is InChI=1S/C12H26O4S.Na/c1-3-8-12(17(14,15)16)10-7-5-6-9-11(13)4-2;/h11-13H,3-10H2,1-2H3,(H,14,15,16);/q;+1/p-1. The largest absolute Gasteiger partial charge is 1.00 e. The van der Waals surface area contributed by atoms with Crippen LogP contribution in [-0.2, 0) is 10.1 Å². The molecule has 0 aliphatic carbocycles. The maximum Gasteiger partial charge on any atom is 1.00 e. The van der Waals surface area contributed by atoms with Gasteiger partial charge < -0.3 is 9.66 Å². The Labute approximate surface area is 134 Å². The van der Waals surface area contributed by atoms with Gasteiger partial charge in [-0.25, -0.2) is 8.42 Å². The first kappa shape index (κ1) is 21.2. The molecule has 0 bridgehead atoms. The van der Waals surface area contributed by atoms with Gasteiger partial charge in [0, 0.05) is 5.25 Å². The Bertz CT molecular complexity index is 280. The minimum Gasteiger partial charge on any atom is -0.748 e. The molecule has 0 amide bonds. The molecule has 6 heteroatoms.